The summed E-state index contributed by atoms with van der Waals surface area (Å²) in [6.07, 6.45) is 3.06. The molecule has 10 nitrogen and oxygen atoms in total. The molecule has 2 N–H and O–H groups in total. The van der Waals surface area contributed by atoms with Crippen molar-refractivity contribution in [1.29, 1.82) is 0 Å². The Morgan fingerprint density at radius 1 is 1.15 bits per heavy atom. The van der Waals surface area contributed by atoms with Crippen molar-refractivity contribution in [3.63, 3.8) is 0 Å². The Kier molecular flexibility index (Phi) is 7.64. The number of nitrogens with zero attached hydrogens (tertiary/aromatic N) is 6. The van der Waals surface area contributed by atoms with E-state index in [9.17, 15) is 13.6 Å². The van der Waals surface area contributed by atoms with E-state index in [0.29, 0.717) is 24.6 Å². The van der Waals surface area contributed by atoms with Crippen LogP contribution in [0.4, 0.5) is 19.4 Å². The molecule has 1 fully saturated rings. The predicted molar refractivity (Wildman–Crippen MR) is 151 cm³/mol. The predicted octanol–water partition coefficient (Wildman–Crippen LogP) is 5.74. The van der Waals surface area contributed by atoms with Crippen LogP contribution in [0, 0.1) is 18.6 Å². The largest absolute Gasteiger partial charge is 0.494 e. The van der Waals surface area contributed by atoms with Gasteiger partial charge in [-0.25, -0.2) is 14.2 Å². The fourth-order valence-corrected chi connectivity index (χ4v) is 6.17. The third-order valence-corrected chi connectivity index (χ3v) is 8.31. The Morgan fingerprint density at radius 2 is 1.88 bits per heavy atom. The summed E-state index contributed by atoms with van der Waals surface area (Å²) in [6.45, 7) is 8.92. The maximum Gasteiger partial charge on any atom is 0.410 e. The zero-order valence-corrected chi connectivity index (χ0v) is 24.3. The number of rotatable bonds is 5. The van der Waals surface area contributed by atoms with E-state index in [-0.39, 0.29) is 29.2 Å². The molecule has 1 amide bonds. The highest BCUT2D eigenvalue weighted by molar-refractivity contribution is 7.15. The number of likely N-dealkylation sites (tertiary alicyclic amines) is 1. The lowest BCUT2D eigenvalue weighted by molar-refractivity contribution is 0.0205. The Morgan fingerprint density at radius 3 is 2.56 bits per heavy atom. The van der Waals surface area contributed by atoms with Crippen molar-refractivity contribution >= 4 is 23.2 Å². The van der Waals surface area contributed by atoms with Crippen LogP contribution in [0.25, 0.3) is 27.5 Å². The number of carbonyl (C=O) groups excluding carboxylic acids is 1. The molecule has 3 aromatic heterocycles. The molecule has 4 heterocycles. The highest BCUT2D eigenvalue weighted by atomic mass is 32.1. The first-order chi connectivity index (χ1) is 19.5. The van der Waals surface area contributed by atoms with Crippen molar-refractivity contribution in [1.82, 2.24) is 30.1 Å². The van der Waals surface area contributed by atoms with Gasteiger partial charge in [0.1, 0.15) is 17.1 Å². The topological polar surface area (TPSA) is 121 Å². The van der Waals surface area contributed by atoms with Crippen LogP contribution in [-0.4, -0.2) is 62.0 Å². The number of anilines is 1. The molecule has 1 aromatic carbocycles. The van der Waals surface area contributed by atoms with E-state index >= 15 is 0 Å². The summed E-state index contributed by atoms with van der Waals surface area (Å²) < 4.78 is 40.8. The summed E-state index contributed by atoms with van der Waals surface area (Å²) in [7, 11) is 1.25. The number of methoxy groups -OCH3 is 1. The molecule has 0 aliphatic carbocycles. The number of aryl methyl sites for hydroxylation is 1. The normalized spacial score (nSPS) is 14.4. The van der Waals surface area contributed by atoms with Crippen molar-refractivity contribution in [2.75, 3.05) is 25.9 Å². The number of hydrogen-bond donors (Lipinski definition) is 1. The molecular formula is C28H31F2N7O3S. The van der Waals surface area contributed by atoms with Gasteiger partial charge >= 0.3 is 6.09 Å². The average molecular weight is 584 g/mol. The van der Waals surface area contributed by atoms with E-state index in [1.165, 1.54) is 24.1 Å². The summed E-state index contributed by atoms with van der Waals surface area (Å²) in [4.78, 5) is 20.8. The Labute approximate surface area is 240 Å². The summed E-state index contributed by atoms with van der Waals surface area (Å²) in [5, 5.41) is 11.6. The standard InChI is InChI=1S/C28H31F2N7O3S/c1-15-12-21(41-24(15)16-8-10-36(11-9-16)27(38)40-28(2,3)4)17-13-18(25(31)32-14-17)26-33-34-35-37(26)19-6-7-20(39-5)23(30)22(19)29/h6-7,12-14,16H,8-11H2,1-5H3,(H2,31,32). The molecule has 0 spiro atoms. The first-order valence-electron chi connectivity index (χ1n) is 13.1. The molecule has 216 valence electrons. The van der Waals surface area contributed by atoms with Gasteiger partial charge in [-0.3, -0.25) is 0 Å². The highest BCUT2D eigenvalue weighted by Crippen LogP contribution is 2.41. The van der Waals surface area contributed by atoms with Gasteiger partial charge in [-0.05, 0) is 86.7 Å². The number of amides is 1. The summed E-state index contributed by atoms with van der Waals surface area (Å²) >= 11 is 1.66. The van der Waals surface area contributed by atoms with Crippen molar-refractivity contribution in [2.45, 2.75) is 52.1 Å². The van der Waals surface area contributed by atoms with Crippen molar-refractivity contribution in [3.8, 4) is 33.3 Å². The second-order valence-electron chi connectivity index (χ2n) is 10.9. The van der Waals surface area contributed by atoms with E-state index in [1.54, 1.807) is 28.5 Å². The van der Waals surface area contributed by atoms with E-state index < -0.39 is 17.2 Å². The number of benzene rings is 1. The number of tetrazole rings is 1. The number of nitrogen functional groups attached to an aromatic ring is 1. The van der Waals surface area contributed by atoms with E-state index in [1.807, 2.05) is 20.8 Å². The lowest BCUT2D eigenvalue weighted by Gasteiger charge is -2.33. The van der Waals surface area contributed by atoms with Gasteiger partial charge in [0.25, 0.3) is 0 Å². The van der Waals surface area contributed by atoms with Crippen LogP contribution >= 0.6 is 11.3 Å². The number of ether oxygens (including phenoxy) is 2. The zero-order chi connectivity index (χ0) is 29.5. The number of halogens is 2. The molecule has 5 rings (SSSR count). The fraction of sp³-hybridized carbons (Fsp3) is 0.393. The Balaban J connectivity index is 1.40. The number of hydrogen-bond acceptors (Lipinski definition) is 9. The molecule has 0 unspecified atom stereocenters. The molecule has 0 saturated carbocycles. The molecule has 0 bridgehead atoms. The second-order valence-corrected chi connectivity index (χ2v) is 12.0. The minimum absolute atomic E-state index is 0.114. The Hall–Kier alpha value is -4.13. The minimum Gasteiger partial charge on any atom is -0.494 e. The fourth-order valence-electron chi connectivity index (χ4n) is 4.84. The van der Waals surface area contributed by atoms with Crippen molar-refractivity contribution in [2.24, 2.45) is 0 Å². The van der Waals surface area contributed by atoms with Gasteiger partial charge in [-0.2, -0.15) is 9.07 Å². The Bertz CT molecular complexity index is 1590. The molecule has 1 aliphatic rings. The van der Waals surface area contributed by atoms with Crippen molar-refractivity contribution < 1.29 is 23.0 Å². The van der Waals surface area contributed by atoms with Gasteiger partial charge < -0.3 is 20.1 Å². The van der Waals surface area contributed by atoms with E-state index in [2.05, 4.69) is 33.5 Å². The molecule has 41 heavy (non-hydrogen) atoms. The number of carbonyl (C=O) groups is 1. The number of aromatic nitrogens is 5. The molecule has 13 heteroatoms. The summed E-state index contributed by atoms with van der Waals surface area (Å²) in [6, 6.07) is 6.51. The molecule has 1 aliphatic heterocycles. The second kappa shape index (κ2) is 11.0. The lowest BCUT2D eigenvalue weighted by atomic mass is 9.93. The third-order valence-electron chi connectivity index (χ3n) is 6.86. The molecule has 0 radical (unpaired) electrons. The maximum atomic E-state index is 14.9. The highest BCUT2D eigenvalue weighted by Gasteiger charge is 2.29. The van der Waals surface area contributed by atoms with Gasteiger partial charge in [0.2, 0.25) is 5.82 Å². The lowest BCUT2D eigenvalue weighted by Crippen LogP contribution is -2.41. The number of nitrogens with two attached hydrogens (primary N) is 1. The number of piperidine rings is 1. The molecule has 1 saturated heterocycles. The van der Waals surface area contributed by atoms with Crippen LogP contribution in [-0.2, 0) is 4.74 Å². The SMILES string of the molecule is COc1ccc(-n2nnnc2-c2cc(-c3cc(C)c(C4CCN(C(=O)OC(C)(C)C)CC4)s3)cnc2N)c(F)c1F. The van der Waals surface area contributed by atoms with Crippen LogP contribution in [0.1, 0.15) is 50.0 Å². The monoisotopic (exact) mass is 583 g/mol. The van der Waals surface area contributed by atoms with Crippen LogP contribution in [0.15, 0.2) is 30.5 Å². The van der Waals surface area contributed by atoms with Crippen molar-refractivity contribution in [3.05, 3.63) is 52.5 Å². The van der Waals surface area contributed by atoms with Gasteiger partial charge in [0, 0.05) is 34.6 Å². The van der Waals surface area contributed by atoms with E-state index in [0.717, 1.165) is 33.5 Å². The molecule has 4 aromatic rings. The van der Waals surface area contributed by atoms with Gasteiger partial charge in [0.15, 0.2) is 17.4 Å². The van der Waals surface area contributed by atoms with Crippen LogP contribution in [0.3, 0.4) is 0 Å². The van der Waals surface area contributed by atoms with Crippen LogP contribution in [0.2, 0.25) is 0 Å². The van der Waals surface area contributed by atoms with Gasteiger partial charge in [0.05, 0.1) is 12.7 Å². The minimum atomic E-state index is -1.16. The number of pyridine rings is 1. The van der Waals surface area contributed by atoms with Crippen LogP contribution < -0.4 is 10.5 Å². The summed E-state index contributed by atoms with van der Waals surface area (Å²) in [5.74, 6) is -1.97. The first-order valence-corrected chi connectivity index (χ1v) is 13.9. The quantitative estimate of drug-likeness (QED) is 0.316. The maximum absolute atomic E-state index is 14.9. The molecule has 0 atom stereocenters. The summed E-state index contributed by atoms with van der Waals surface area (Å²) in [5.41, 5.74) is 7.80. The van der Waals surface area contributed by atoms with Gasteiger partial charge in [-0.15, -0.1) is 16.4 Å². The first kappa shape index (κ1) is 28.4. The molecular weight excluding hydrogens is 552 g/mol. The third kappa shape index (κ3) is 5.71. The average Bonchev–Trinajstić information content (AvgIpc) is 3.56. The van der Waals surface area contributed by atoms with Gasteiger partial charge in [-0.1, -0.05) is 0 Å². The van der Waals surface area contributed by atoms with E-state index in [4.69, 9.17) is 15.2 Å². The smallest absolute Gasteiger partial charge is 0.410 e. The number of thiophene rings is 1. The van der Waals surface area contributed by atoms with Crippen LogP contribution in [0.5, 0.6) is 5.75 Å². The zero-order valence-electron chi connectivity index (χ0n) is 23.4.